The molecule has 1 unspecified atom stereocenters. The van der Waals surface area contributed by atoms with Gasteiger partial charge in [-0.25, -0.2) is 0 Å². The fourth-order valence-corrected chi connectivity index (χ4v) is 1.72. The first-order chi connectivity index (χ1) is 8.26. The van der Waals surface area contributed by atoms with E-state index in [9.17, 15) is 0 Å². The highest BCUT2D eigenvalue weighted by Crippen LogP contribution is 2.15. The highest BCUT2D eigenvalue weighted by Gasteiger charge is 2.07. The van der Waals surface area contributed by atoms with Crippen molar-refractivity contribution in [1.29, 1.82) is 0 Å². The monoisotopic (exact) mass is 235 g/mol. The van der Waals surface area contributed by atoms with Crippen LogP contribution in [0, 0.1) is 6.92 Å². The van der Waals surface area contributed by atoms with Crippen molar-refractivity contribution in [3.05, 3.63) is 29.8 Å². The van der Waals surface area contributed by atoms with E-state index >= 15 is 0 Å². The molecule has 1 aromatic rings. The highest BCUT2D eigenvalue weighted by molar-refractivity contribution is 5.27. The summed E-state index contributed by atoms with van der Waals surface area (Å²) in [4.78, 5) is 0. The van der Waals surface area contributed by atoms with E-state index in [-0.39, 0.29) is 6.10 Å². The summed E-state index contributed by atoms with van der Waals surface area (Å²) >= 11 is 0. The lowest BCUT2D eigenvalue weighted by atomic mass is 10.2. The normalized spacial score (nSPS) is 12.4. The van der Waals surface area contributed by atoms with Crippen LogP contribution in [0.5, 0.6) is 5.75 Å². The van der Waals surface area contributed by atoms with E-state index in [0.717, 1.165) is 25.3 Å². The molecule has 2 heteroatoms. The molecular weight excluding hydrogens is 210 g/mol. The first-order valence-corrected chi connectivity index (χ1v) is 6.70. The maximum absolute atomic E-state index is 5.96. The second-order valence-corrected chi connectivity index (χ2v) is 4.52. The van der Waals surface area contributed by atoms with E-state index in [1.54, 1.807) is 0 Å². The van der Waals surface area contributed by atoms with Crippen LogP contribution in [0.3, 0.4) is 0 Å². The molecule has 17 heavy (non-hydrogen) atoms. The summed E-state index contributed by atoms with van der Waals surface area (Å²) in [6.07, 6.45) is 3.78. The molecule has 0 heterocycles. The summed E-state index contributed by atoms with van der Waals surface area (Å²) in [7, 11) is 0. The summed E-state index contributed by atoms with van der Waals surface area (Å²) in [6, 6.07) is 8.26. The van der Waals surface area contributed by atoms with Gasteiger partial charge in [0.25, 0.3) is 0 Å². The van der Waals surface area contributed by atoms with Gasteiger partial charge in [-0.1, -0.05) is 32.4 Å². The van der Waals surface area contributed by atoms with Gasteiger partial charge in [-0.05, 0) is 44.0 Å². The molecule has 0 radical (unpaired) electrons. The van der Waals surface area contributed by atoms with E-state index in [2.05, 4.69) is 38.2 Å². The minimum Gasteiger partial charge on any atom is -0.489 e. The van der Waals surface area contributed by atoms with Crippen molar-refractivity contribution < 1.29 is 4.74 Å². The lowest BCUT2D eigenvalue weighted by Crippen LogP contribution is -2.31. The fourth-order valence-electron chi connectivity index (χ4n) is 1.72. The third-order valence-electron chi connectivity index (χ3n) is 2.83. The molecule has 0 amide bonds. The molecule has 0 fully saturated rings. The van der Waals surface area contributed by atoms with Crippen molar-refractivity contribution >= 4 is 0 Å². The van der Waals surface area contributed by atoms with Gasteiger partial charge in [0, 0.05) is 6.54 Å². The quantitative estimate of drug-likeness (QED) is 0.696. The second-order valence-electron chi connectivity index (χ2n) is 4.52. The molecule has 0 aliphatic carbocycles. The van der Waals surface area contributed by atoms with E-state index in [4.69, 9.17) is 4.74 Å². The predicted octanol–water partition coefficient (Wildman–Crippen LogP) is 3.54. The van der Waals surface area contributed by atoms with Gasteiger partial charge in [0.15, 0.2) is 0 Å². The van der Waals surface area contributed by atoms with Crippen LogP contribution in [0.25, 0.3) is 0 Å². The van der Waals surface area contributed by atoms with Crippen LogP contribution in [0.2, 0.25) is 0 Å². The van der Waals surface area contributed by atoms with Crippen molar-refractivity contribution in [3.63, 3.8) is 0 Å². The Bertz CT molecular complexity index is 312. The highest BCUT2D eigenvalue weighted by atomic mass is 16.5. The van der Waals surface area contributed by atoms with Crippen LogP contribution < -0.4 is 10.1 Å². The largest absolute Gasteiger partial charge is 0.489 e. The Kier molecular flexibility index (Phi) is 6.71. The molecule has 0 aliphatic heterocycles. The van der Waals surface area contributed by atoms with Crippen LogP contribution in [0.1, 0.15) is 38.7 Å². The first-order valence-electron chi connectivity index (χ1n) is 6.70. The van der Waals surface area contributed by atoms with Crippen LogP contribution in [0.4, 0.5) is 0 Å². The van der Waals surface area contributed by atoms with Gasteiger partial charge >= 0.3 is 0 Å². The van der Waals surface area contributed by atoms with Gasteiger partial charge in [-0.2, -0.15) is 0 Å². The van der Waals surface area contributed by atoms with Gasteiger partial charge in [0.05, 0.1) is 0 Å². The number of benzene rings is 1. The molecule has 1 N–H and O–H groups in total. The smallest absolute Gasteiger partial charge is 0.120 e. The van der Waals surface area contributed by atoms with Gasteiger partial charge < -0.3 is 10.1 Å². The zero-order valence-corrected chi connectivity index (χ0v) is 11.3. The Hall–Kier alpha value is -1.02. The third-order valence-corrected chi connectivity index (χ3v) is 2.83. The lowest BCUT2D eigenvalue weighted by molar-refractivity contribution is 0.193. The number of nitrogens with one attached hydrogen (secondary N) is 1. The number of unbranched alkanes of at least 4 members (excludes halogenated alkanes) is 1. The van der Waals surface area contributed by atoms with E-state index < -0.39 is 0 Å². The molecular formula is C15H25NO. The second kappa shape index (κ2) is 8.13. The predicted molar refractivity (Wildman–Crippen MR) is 73.7 cm³/mol. The number of aryl methyl sites for hydroxylation is 1. The SMILES string of the molecule is CCCCNCC(CC)Oc1cccc(C)c1. The van der Waals surface area contributed by atoms with E-state index in [0.29, 0.717) is 0 Å². The van der Waals surface area contributed by atoms with Crippen LogP contribution in [-0.2, 0) is 0 Å². The standard InChI is InChI=1S/C15H25NO/c1-4-6-10-16-12-14(5-2)17-15-9-7-8-13(3)11-15/h7-9,11,14,16H,4-6,10,12H2,1-3H3. The van der Waals surface area contributed by atoms with Crippen molar-refractivity contribution in [2.45, 2.75) is 46.1 Å². The van der Waals surface area contributed by atoms with Crippen LogP contribution in [-0.4, -0.2) is 19.2 Å². The summed E-state index contributed by atoms with van der Waals surface area (Å²) < 4.78 is 5.96. The molecule has 0 aliphatic rings. The maximum Gasteiger partial charge on any atom is 0.120 e. The van der Waals surface area contributed by atoms with E-state index in [1.165, 1.54) is 18.4 Å². The minimum absolute atomic E-state index is 0.272. The lowest BCUT2D eigenvalue weighted by Gasteiger charge is -2.18. The third kappa shape index (κ3) is 5.73. The Balaban J connectivity index is 2.35. The fraction of sp³-hybridized carbons (Fsp3) is 0.600. The Morgan fingerprint density at radius 2 is 2.12 bits per heavy atom. The zero-order valence-electron chi connectivity index (χ0n) is 11.3. The molecule has 0 spiro atoms. The molecule has 96 valence electrons. The van der Waals surface area contributed by atoms with Gasteiger partial charge in [0.2, 0.25) is 0 Å². The van der Waals surface area contributed by atoms with Crippen molar-refractivity contribution in [2.24, 2.45) is 0 Å². The van der Waals surface area contributed by atoms with Gasteiger partial charge in [-0.3, -0.25) is 0 Å². The summed E-state index contributed by atoms with van der Waals surface area (Å²) in [6.45, 7) is 8.49. The average molecular weight is 235 g/mol. The van der Waals surface area contributed by atoms with Gasteiger partial charge in [0.1, 0.15) is 11.9 Å². The number of rotatable bonds is 8. The average Bonchev–Trinajstić information content (AvgIpc) is 2.33. The van der Waals surface area contributed by atoms with Crippen LogP contribution in [0.15, 0.2) is 24.3 Å². The van der Waals surface area contributed by atoms with E-state index in [1.807, 2.05) is 12.1 Å². The molecule has 0 saturated heterocycles. The number of hydrogen-bond acceptors (Lipinski definition) is 2. The molecule has 1 atom stereocenters. The topological polar surface area (TPSA) is 21.3 Å². The maximum atomic E-state index is 5.96. The van der Waals surface area contributed by atoms with Crippen molar-refractivity contribution in [1.82, 2.24) is 5.32 Å². The molecule has 0 aromatic heterocycles. The Labute approximate surface area is 105 Å². The Morgan fingerprint density at radius 1 is 1.29 bits per heavy atom. The minimum atomic E-state index is 0.272. The molecule has 1 aromatic carbocycles. The number of hydrogen-bond donors (Lipinski definition) is 1. The first kappa shape index (κ1) is 14.0. The number of ether oxygens (including phenoxy) is 1. The Morgan fingerprint density at radius 3 is 2.76 bits per heavy atom. The zero-order chi connectivity index (χ0) is 12.5. The summed E-state index contributed by atoms with van der Waals surface area (Å²) in [5.74, 6) is 0.981. The van der Waals surface area contributed by atoms with Crippen LogP contribution >= 0.6 is 0 Å². The summed E-state index contributed by atoms with van der Waals surface area (Å²) in [5, 5.41) is 3.45. The van der Waals surface area contributed by atoms with Crippen molar-refractivity contribution in [2.75, 3.05) is 13.1 Å². The molecule has 1 rings (SSSR count). The van der Waals surface area contributed by atoms with Gasteiger partial charge in [-0.15, -0.1) is 0 Å². The summed E-state index contributed by atoms with van der Waals surface area (Å²) in [5.41, 5.74) is 1.25. The molecule has 2 nitrogen and oxygen atoms in total. The molecule has 0 bridgehead atoms. The molecule has 0 saturated carbocycles. The van der Waals surface area contributed by atoms with Crippen molar-refractivity contribution in [3.8, 4) is 5.75 Å².